The molecule has 0 aromatic heterocycles. The maximum Gasteiger partial charge on any atom is 0.271 e. The Bertz CT molecular complexity index is 846. The van der Waals surface area contributed by atoms with Crippen LogP contribution in [0.2, 0.25) is 0 Å². The fraction of sp³-hybridized carbons (Fsp3) is 0.211. The van der Waals surface area contributed by atoms with E-state index in [1.165, 1.54) is 14.2 Å². The standard InChI is InChI=1S/C19H20BrN3O4/c1-12(8-18(24)21-17-7-5-4-6-16(17)20)22-23-19(25)13-9-14(26-2)11-15(10-13)27-3/h4-7,9-11H,8H2,1-3H3,(H,21,24)(H,23,25). The monoisotopic (exact) mass is 433 g/mol. The fourth-order valence-corrected chi connectivity index (χ4v) is 2.56. The number of carbonyl (C=O) groups excluding carboxylic acids is 2. The molecule has 2 amide bonds. The zero-order chi connectivity index (χ0) is 19.8. The first-order valence-electron chi connectivity index (χ1n) is 8.04. The van der Waals surface area contributed by atoms with Crippen molar-refractivity contribution in [3.8, 4) is 11.5 Å². The summed E-state index contributed by atoms with van der Waals surface area (Å²) >= 11 is 3.37. The summed E-state index contributed by atoms with van der Waals surface area (Å²) in [6.07, 6.45) is 0.0447. The smallest absolute Gasteiger partial charge is 0.271 e. The Labute approximate surface area is 165 Å². The molecule has 2 aromatic rings. The quantitative estimate of drug-likeness (QED) is 0.515. The number of nitrogens with one attached hydrogen (secondary N) is 2. The highest BCUT2D eigenvalue weighted by molar-refractivity contribution is 9.10. The van der Waals surface area contributed by atoms with E-state index >= 15 is 0 Å². The van der Waals surface area contributed by atoms with Crippen LogP contribution in [0.5, 0.6) is 11.5 Å². The molecule has 0 unspecified atom stereocenters. The second-order valence-electron chi connectivity index (χ2n) is 5.59. The van der Waals surface area contributed by atoms with Crippen LogP contribution in [0.1, 0.15) is 23.7 Å². The Morgan fingerprint density at radius 2 is 1.70 bits per heavy atom. The molecule has 2 rings (SSSR count). The van der Waals surface area contributed by atoms with E-state index < -0.39 is 5.91 Å². The van der Waals surface area contributed by atoms with Gasteiger partial charge in [-0.2, -0.15) is 5.10 Å². The van der Waals surface area contributed by atoms with Gasteiger partial charge in [-0.25, -0.2) is 5.43 Å². The Morgan fingerprint density at radius 1 is 1.07 bits per heavy atom. The van der Waals surface area contributed by atoms with Crippen molar-refractivity contribution in [2.45, 2.75) is 13.3 Å². The van der Waals surface area contributed by atoms with E-state index in [-0.39, 0.29) is 12.3 Å². The number of hydrogen-bond acceptors (Lipinski definition) is 5. The van der Waals surface area contributed by atoms with E-state index in [0.29, 0.717) is 28.5 Å². The Balaban J connectivity index is 1.97. The molecular formula is C19H20BrN3O4. The van der Waals surface area contributed by atoms with Crippen molar-refractivity contribution in [1.29, 1.82) is 0 Å². The van der Waals surface area contributed by atoms with Gasteiger partial charge in [0, 0.05) is 21.8 Å². The van der Waals surface area contributed by atoms with Crippen LogP contribution in [-0.4, -0.2) is 31.7 Å². The summed E-state index contributed by atoms with van der Waals surface area (Å²) in [7, 11) is 3.00. The second-order valence-corrected chi connectivity index (χ2v) is 6.45. The molecule has 0 saturated carbocycles. The molecule has 2 N–H and O–H groups in total. The van der Waals surface area contributed by atoms with Crippen LogP contribution in [0.25, 0.3) is 0 Å². The normalized spacial score (nSPS) is 10.9. The predicted molar refractivity (Wildman–Crippen MR) is 108 cm³/mol. The fourth-order valence-electron chi connectivity index (χ4n) is 2.18. The Morgan fingerprint density at radius 3 is 2.30 bits per heavy atom. The van der Waals surface area contributed by atoms with Crippen molar-refractivity contribution in [3.63, 3.8) is 0 Å². The van der Waals surface area contributed by atoms with E-state index in [1.807, 2.05) is 18.2 Å². The minimum Gasteiger partial charge on any atom is -0.497 e. The number of anilines is 1. The van der Waals surface area contributed by atoms with Crippen LogP contribution < -0.4 is 20.2 Å². The third kappa shape index (κ3) is 6.10. The van der Waals surface area contributed by atoms with Crippen molar-refractivity contribution >= 4 is 39.1 Å². The average molecular weight is 434 g/mol. The van der Waals surface area contributed by atoms with Gasteiger partial charge < -0.3 is 14.8 Å². The highest BCUT2D eigenvalue weighted by Crippen LogP contribution is 2.22. The molecule has 0 bridgehead atoms. The zero-order valence-electron chi connectivity index (χ0n) is 15.2. The number of halogens is 1. The first-order chi connectivity index (χ1) is 12.9. The number of amides is 2. The number of nitrogens with zero attached hydrogens (tertiary/aromatic N) is 1. The van der Waals surface area contributed by atoms with Gasteiger partial charge in [0.2, 0.25) is 5.91 Å². The lowest BCUT2D eigenvalue weighted by molar-refractivity contribution is -0.115. The molecule has 8 heteroatoms. The van der Waals surface area contributed by atoms with E-state index in [4.69, 9.17) is 9.47 Å². The van der Waals surface area contributed by atoms with Crippen LogP contribution in [0, 0.1) is 0 Å². The van der Waals surface area contributed by atoms with Gasteiger partial charge in [-0.05, 0) is 47.1 Å². The number of methoxy groups -OCH3 is 2. The summed E-state index contributed by atoms with van der Waals surface area (Å²) in [4.78, 5) is 24.4. The van der Waals surface area contributed by atoms with Gasteiger partial charge in [-0.15, -0.1) is 0 Å². The Hall–Kier alpha value is -2.87. The molecule has 0 heterocycles. The summed E-state index contributed by atoms with van der Waals surface area (Å²) in [6.45, 7) is 1.66. The van der Waals surface area contributed by atoms with E-state index in [9.17, 15) is 9.59 Å². The van der Waals surface area contributed by atoms with Crippen molar-refractivity contribution in [1.82, 2.24) is 5.43 Å². The van der Waals surface area contributed by atoms with E-state index in [1.54, 1.807) is 31.2 Å². The van der Waals surface area contributed by atoms with Gasteiger partial charge in [0.1, 0.15) is 11.5 Å². The van der Waals surface area contributed by atoms with Crippen molar-refractivity contribution in [3.05, 3.63) is 52.5 Å². The molecule has 27 heavy (non-hydrogen) atoms. The molecule has 0 radical (unpaired) electrons. The molecule has 0 saturated heterocycles. The number of ether oxygens (including phenoxy) is 2. The predicted octanol–water partition coefficient (Wildman–Crippen LogP) is 3.60. The maximum atomic E-state index is 12.3. The summed E-state index contributed by atoms with van der Waals surface area (Å²) in [5.41, 5.74) is 3.89. The maximum absolute atomic E-state index is 12.3. The molecule has 0 aliphatic rings. The van der Waals surface area contributed by atoms with E-state index in [2.05, 4.69) is 31.8 Å². The van der Waals surface area contributed by atoms with Crippen LogP contribution in [0.4, 0.5) is 5.69 Å². The Kier molecular flexibility index (Phi) is 7.36. The van der Waals surface area contributed by atoms with Crippen LogP contribution in [-0.2, 0) is 4.79 Å². The molecule has 0 atom stereocenters. The van der Waals surface area contributed by atoms with Gasteiger partial charge in [0.15, 0.2) is 0 Å². The first kappa shape index (κ1) is 20.4. The van der Waals surface area contributed by atoms with Gasteiger partial charge in [-0.3, -0.25) is 9.59 Å². The SMILES string of the molecule is COc1cc(OC)cc(C(=O)NN=C(C)CC(=O)Nc2ccccc2Br)c1. The zero-order valence-corrected chi connectivity index (χ0v) is 16.8. The molecule has 0 spiro atoms. The van der Waals surface area contributed by atoms with Crippen molar-refractivity contribution < 1.29 is 19.1 Å². The lowest BCUT2D eigenvalue weighted by atomic mass is 10.2. The van der Waals surface area contributed by atoms with Crippen LogP contribution in [0.15, 0.2) is 52.0 Å². The molecule has 0 aliphatic heterocycles. The highest BCUT2D eigenvalue weighted by atomic mass is 79.9. The van der Waals surface area contributed by atoms with Crippen molar-refractivity contribution in [2.75, 3.05) is 19.5 Å². The summed E-state index contributed by atoms with van der Waals surface area (Å²) in [5, 5.41) is 6.76. The highest BCUT2D eigenvalue weighted by Gasteiger charge is 2.11. The second kappa shape index (κ2) is 9.72. The average Bonchev–Trinajstić information content (AvgIpc) is 2.67. The van der Waals surface area contributed by atoms with Crippen LogP contribution >= 0.6 is 15.9 Å². The third-order valence-electron chi connectivity index (χ3n) is 3.53. The van der Waals surface area contributed by atoms with Gasteiger partial charge in [-0.1, -0.05) is 12.1 Å². The lowest BCUT2D eigenvalue weighted by Crippen LogP contribution is -2.21. The molecular weight excluding hydrogens is 414 g/mol. The van der Waals surface area contributed by atoms with Crippen molar-refractivity contribution in [2.24, 2.45) is 5.10 Å². The minimum atomic E-state index is -0.433. The van der Waals surface area contributed by atoms with E-state index in [0.717, 1.165) is 4.47 Å². The van der Waals surface area contributed by atoms with Gasteiger partial charge in [0.05, 0.1) is 26.3 Å². The largest absolute Gasteiger partial charge is 0.497 e. The molecule has 0 aliphatic carbocycles. The molecule has 7 nitrogen and oxygen atoms in total. The summed E-state index contributed by atoms with van der Waals surface area (Å²) < 4.78 is 11.1. The van der Waals surface area contributed by atoms with Gasteiger partial charge >= 0.3 is 0 Å². The molecule has 0 fully saturated rings. The number of rotatable bonds is 7. The topological polar surface area (TPSA) is 89.0 Å². The number of hydrazone groups is 1. The van der Waals surface area contributed by atoms with Crippen LogP contribution in [0.3, 0.4) is 0 Å². The molecule has 142 valence electrons. The summed E-state index contributed by atoms with van der Waals surface area (Å²) in [6, 6.07) is 12.1. The number of para-hydroxylation sites is 1. The molecule has 2 aromatic carbocycles. The minimum absolute atomic E-state index is 0.0447. The number of carbonyl (C=O) groups is 2. The third-order valence-corrected chi connectivity index (χ3v) is 4.22. The van der Waals surface area contributed by atoms with Gasteiger partial charge in [0.25, 0.3) is 5.91 Å². The summed E-state index contributed by atoms with van der Waals surface area (Å²) in [5.74, 6) is 0.319. The number of benzene rings is 2. The first-order valence-corrected chi connectivity index (χ1v) is 8.83. The lowest BCUT2D eigenvalue weighted by Gasteiger charge is -2.08. The number of hydrogen-bond donors (Lipinski definition) is 2.